The zero-order valence-electron chi connectivity index (χ0n) is 11.3. The lowest BCUT2D eigenvalue weighted by Gasteiger charge is -2.43. The van der Waals surface area contributed by atoms with Crippen molar-refractivity contribution in [2.24, 2.45) is 0 Å². The first-order chi connectivity index (χ1) is 8.76. The molecule has 3 heteroatoms. The molecule has 1 aliphatic heterocycles. The maximum absolute atomic E-state index is 6.12. The zero-order valence-corrected chi connectivity index (χ0v) is 12.1. The van der Waals surface area contributed by atoms with Crippen LogP contribution in [-0.4, -0.2) is 30.6 Å². The Kier molecular flexibility index (Phi) is 5.04. The molecule has 1 unspecified atom stereocenters. The monoisotopic (exact) mass is 266 g/mol. The van der Waals surface area contributed by atoms with Gasteiger partial charge in [0, 0.05) is 30.2 Å². The van der Waals surface area contributed by atoms with Crippen LogP contribution in [0, 0.1) is 0 Å². The van der Waals surface area contributed by atoms with E-state index in [9.17, 15) is 0 Å². The molecule has 0 aliphatic carbocycles. The maximum atomic E-state index is 6.12. The van der Waals surface area contributed by atoms with Gasteiger partial charge in [0.05, 0.1) is 0 Å². The number of hydrogen-bond donors (Lipinski definition) is 1. The fourth-order valence-electron chi connectivity index (χ4n) is 2.73. The van der Waals surface area contributed by atoms with Crippen LogP contribution in [0.15, 0.2) is 24.3 Å². The Morgan fingerprint density at radius 3 is 2.67 bits per heavy atom. The molecule has 100 valence electrons. The van der Waals surface area contributed by atoms with E-state index < -0.39 is 0 Å². The van der Waals surface area contributed by atoms with Gasteiger partial charge in [-0.1, -0.05) is 37.6 Å². The normalized spacial score (nSPS) is 17.8. The number of nitrogens with one attached hydrogen (secondary N) is 1. The van der Waals surface area contributed by atoms with Gasteiger partial charge in [0.25, 0.3) is 0 Å². The van der Waals surface area contributed by atoms with Gasteiger partial charge < -0.3 is 5.32 Å². The molecule has 0 bridgehead atoms. The average molecular weight is 267 g/mol. The van der Waals surface area contributed by atoms with E-state index in [1.165, 1.54) is 12.0 Å². The molecule has 1 aromatic rings. The highest BCUT2D eigenvalue weighted by molar-refractivity contribution is 6.30. The first kappa shape index (κ1) is 13.9. The molecule has 0 aromatic heterocycles. The molecule has 1 aliphatic rings. The molecular weight excluding hydrogens is 244 g/mol. The molecule has 0 amide bonds. The predicted octanol–water partition coefficient (Wildman–Crippen LogP) is 3.47. The lowest BCUT2D eigenvalue weighted by Crippen LogP contribution is -2.58. The summed E-state index contributed by atoms with van der Waals surface area (Å²) in [6.45, 7) is 7.93. The molecule has 0 spiro atoms. The van der Waals surface area contributed by atoms with Crippen molar-refractivity contribution in [1.82, 2.24) is 10.2 Å². The predicted molar refractivity (Wildman–Crippen MR) is 78.1 cm³/mol. The summed E-state index contributed by atoms with van der Waals surface area (Å²) >= 11 is 6.12. The standard InChI is InChI=1S/C15H23ClN2/c1-3-8-18(14-10-17-11-14)15(4-2)12-6-5-7-13(16)9-12/h5-7,9,14-15,17H,3-4,8,10-11H2,1-2H3. The van der Waals surface area contributed by atoms with Crippen LogP contribution in [0.2, 0.25) is 5.02 Å². The lowest BCUT2D eigenvalue weighted by molar-refractivity contribution is 0.0916. The van der Waals surface area contributed by atoms with Crippen molar-refractivity contribution in [2.75, 3.05) is 19.6 Å². The quantitative estimate of drug-likeness (QED) is 0.848. The Morgan fingerprint density at radius 2 is 2.17 bits per heavy atom. The number of rotatable bonds is 6. The Labute approximate surface area is 115 Å². The molecule has 1 atom stereocenters. The van der Waals surface area contributed by atoms with Crippen molar-refractivity contribution in [3.63, 3.8) is 0 Å². The van der Waals surface area contributed by atoms with Gasteiger partial charge in [0.1, 0.15) is 0 Å². The minimum absolute atomic E-state index is 0.496. The number of nitrogens with zero attached hydrogens (tertiary/aromatic N) is 1. The molecule has 18 heavy (non-hydrogen) atoms. The van der Waals surface area contributed by atoms with Gasteiger partial charge in [-0.3, -0.25) is 4.90 Å². The second-order valence-corrected chi connectivity index (χ2v) is 5.47. The molecule has 2 rings (SSSR count). The van der Waals surface area contributed by atoms with E-state index in [1.807, 2.05) is 6.07 Å². The van der Waals surface area contributed by atoms with Gasteiger partial charge in [-0.25, -0.2) is 0 Å². The number of benzene rings is 1. The van der Waals surface area contributed by atoms with Crippen molar-refractivity contribution in [1.29, 1.82) is 0 Å². The molecule has 0 saturated carbocycles. The van der Waals surface area contributed by atoms with E-state index in [4.69, 9.17) is 11.6 Å². The van der Waals surface area contributed by atoms with Crippen molar-refractivity contribution >= 4 is 11.6 Å². The van der Waals surface area contributed by atoms with E-state index in [2.05, 4.69) is 42.3 Å². The van der Waals surface area contributed by atoms with Gasteiger partial charge in [0.2, 0.25) is 0 Å². The summed E-state index contributed by atoms with van der Waals surface area (Å²) in [5, 5.41) is 4.22. The summed E-state index contributed by atoms with van der Waals surface area (Å²) in [5.74, 6) is 0. The van der Waals surface area contributed by atoms with Crippen LogP contribution in [0.1, 0.15) is 38.3 Å². The van der Waals surface area contributed by atoms with Crippen LogP contribution in [0.4, 0.5) is 0 Å². The van der Waals surface area contributed by atoms with Crippen molar-refractivity contribution in [3.8, 4) is 0 Å². The first-order valence-corrected chi connectivity index (χ1v) is 7.36. The van der Waals surface area contributed by atoms with Gasteiger partial charge in [-0.05, 0) is 37.1 Å². The topological polar surface area (TPSA) is 15.3 Å². The van der Waals surface area contributed by atoms with E-state index >= 15 is 0 Å². The average Bonchev–Trinajstić information content (AvgIpc) is 2.28. The second-order valence-electron chi connectivity index (χ2n) is 5.03. The van der Waals surface area contributed by atoms with E-state index in [1.54, 1.807) is 0 Å². The first-order valence-electron chi connectivity index (χ1n) is 6.98. The lowest BCUT2D eigenvalue weighted by atomic mass is 9.98. The fraction of sp³-hybridized carbons (Fsp3) is 0.600. The van der Waals surface area contributed by atoms with Gasteiger partial charge in [0.15, 0.2) is 0 Å². The fourth-order valence-corrected chi connectivity index (χ4v) is 2.93. The largest absolute Gasteiger partial charge is 0.314 e. The summed E-state index contributed by atoms with van der Waals surface area (Å²) < 4.78 is 0. The minimum atomic E-state index is 0.496. The zero-order chi connectivity index (χ0) is 13.0. The molecule has 1 saturated heterocycles. The third kappa shape index (κ3) is 3.05. The van der Waals surface area contributed by atoms with Gasteiger partial charge in [-0.15, -0.1) is 0 Å². The van der Waals surface area contributed by atoms with Crippen LogP contribution in [0.5, 0.6) is 0 Å². The summed E-state index contributed by atoms with van der Waals surface area (Å²) in [7, 11) is 0. The van der Waals surface area contributed by atoms with Crippen molar-refractivity contribution in [2.45, 2.75) is 38.8 Å². The molecule has 1 N–H and O–H groups in total. The van der Waals surface area contributed by atoms with Crippen LogP contribution in [-0.2, 0) is 0 Å². The highest BCUT2D eigenvalue weighted by atomic mass is 35.5. The van der Waals surface area contributed by atoms with Gasteiger partial charge in [-0.2, -0.15) is 0 Å². The minimum Gasteiger partial charge on any atom is -0.314 e. The SMILES string of the molecule is CCCN(C1CNC1)C(CC)c1cccc(Cl)c1. The third-order valence-corrected chi connectivity index (χ3v) is 3.97. The number of halogens is 1. The van der Waals surface area contributed by atoms with Crippen LogP contribution >= 0.6 is 11.6 Å². The summed E-state index contributed by atoms with van der Waals surface area (Å²) in [5.41, 5.74) is 1.35. The molecule has 0 radical (unpaired) electrons. The molecule has 1 heterocycles. The third-order valence-electron chi connectivity index (χ3n) is 3.73. The Morgan fingerprint density at radius 1 is 1.39 bits per heavy atom. The van der Waals surface area contributed by atoms with Crippen molar-refractivity contribution < 1.29 is 0 Å². The Balaban J connectivity index is 2.18. The van der Waals surface area contributed by atoms with Crippen LogP contribution in [0.3, 0.4) is 0 Å². The number of hydrogen-bond acceptors (Lipinski definition) is 2. The van der Waals surface area contributed by atoms with Gasteiger partial charge >= 0.3 is 0 Å². The molecule has 2 nitrogen and oxygen atoms in total. The molecule has 1 fully saturated rings. The highest BCUT2D eigenvalue weighted by Gasteiger charge is 2.29. The Bertz CT molecular complexity index is 377. The highest BCUT2D eigenvalue weighted by Crippen LogP contribution is 2.29. The summed E-state index contributed by atoms with van der Waals surface area (Å²) in [6, 6.07) is 9.51. The maximum Gasteiger partial charge on any atom is 0.0409 e. The summed E-state index contributed by atoms with van der Waals surface area (Å²) in [4.78, 5) is 2.64. The van der Waals surface area contributed by atoms with Crippen LogP contribution in [0.25, 0.3) is 0 Å². The molecule has 1 aromatic carbocycles. The smallest absolute Gasteiger partial charge is 0.0409 e. The van der Waals surface area contributed by atoms with E-state index in [0.29, 0.717) is 12.1 Å². The summed E-state index contributed by atoms with van der Waals surface area (Å²) in [6.07, 6.45) is 2.34. The van der Waals surface area contributed by atoms with E-state index in [-0.39, 0.29) is 0 Å². The Hall–Kier alpha value is -0.570. The van der Waals surface area contributed by atoms with Crippen LogP contribution < -0.4 is 5.32 Å². The molecular formula is C15H23ClN2. The second kappa shape index (κ2) is 6.55. The van der Waals surface area contributed by atoms with E-state index in [0.717, 1.165) is 31.1 Å². The van der Waals surface area contributed by atoms with Crippen molar-refractivity contribution in [3.05, 3.63) is 34.9 Å².